The quantitative estimate of drug-likeness (QED) is 0.250. The summed E-state index contributed by atoms with van der Waals surface area (Å²) in [6, 6.07) is 3.10. The van der Waals surface area contributed by atoms with Crippen LogP contribution in [0, 0.1) is 22.7 Å². The second-order valence-electron chi connectivity index (χ2n) is 13.6. The van der Waals surface area contributed by atoms with Gasteiger partial charge in [0.2, 0.25) is 11.8 Å². The highest BCUT2D eigenvalue weighted by atomic mass is 16.5. The number of phenolic OH excluding ortho intramolecular Hbond substituents is 2. The van der Waals surface area contributed by atoms with E-state index in [1.165, 1.54) is 12.1 Å². The minimum Gasteiger partial charge on any atom is -0.504 e. The topological polar surface area (TPSA) is 116 Å². The molecule has 0 radical (unpaired) electrons. The number of nitrogens with zero attached hydrogens (tertiary/aromatic N) is 1. The van der Waals surface area contributed by atoms with Crippen LogP contribution >= 0.6 is 0 Å². The highest BCUT2D eigenvalue weighted by Gasteiger charge is 2.49. The Hall–Kier alpha value is -2.77. The Balaban J connectivity index is 1.59. The van der Waals surface area contributed by atoms with E-state index in [9.17, 15) is 24.6 Å². The molecule has 8 heteroatoms. The molecule has 4 atom stereocenters. The number of hydrogen-bond acceptors (Lipinski definition) is 6. The Morgan fingerprint density at radius 1 is 1.07 bits per heavy atom. The van der Waals surface area contributed by atoms with Crippen molar-refractivity contribution in [2.24, 2.45) is 22.7 Å². The van der Waals surface area contributed by atoms with Gasteiger partial charge in [-0.2, -0.15) is 0 Å². The van der Waals surface area contributed by atoms with Crippen molar-refractivity contribution in [2.45, 2.75) is 118 Å². The number of aromatic hydroxyl groups is 2. The molecule has 3 rings (SSSR count). The van der Waals surface area contributed by atoms with E-state index in [0.717, 1.165) is 25.7 Å². The van der Waals surface area contributed by atoms with E-state index in [-0.39, 0.29) is 58.6 Å². The van der Waals surface area contributed by atoms with Gasteiger partial charge in [-0.25, -0.2) is 4.79 Å². The van der Waals surface area contributed by atoms with Gasteiger partial charge in [-0.15, -0.1) is 0 Å². The zero-order chi connectivity index (χ0) is 29.8. The maximum absolute atomic E-state index is 13.7. The molecule has 0 aromatic heterocycles. The summed E-state index contributed by atoms with van der Waals surface area (Å²) in [6.45, 7) is 15.7. The molecule has 1 aliphatic heterocycles. The number of amides is 2. The number of nitrogens with one attached hydrogen (secondary N) is 1. The Bertz CT molecular complexity index is 1070. The Kier molecular flexibility index (Phi) is 10.2. The van der Waals surface area contributed by atoms with Crippen LogP contribution in [-0.2, 0) is 25.5 Å². The van der Waals surface area contributed by atoms with Crippen molar-refractivity contribution >= 4 is 17.8 Å². The fraction of sp³-hybridized carbons (Fsp3) is 0.719. The smallest absolute Gasteiger partial charge is 0.329 e. The van der Waals surface area contributed by atoms with Crippen LogP contribution in [0.1, 0.15) is 99.0 Å². The van der Waals surface area contributed by atoms with E-state index in [2.05, 4.69) is 33.0 Å². The van der Waals surface area contributed by atoms with E-state index in [4.69, 9.17) is 4.74 Å². The van der Waals surface area contributed by atoms with Crippen molar-refractivity contribution in [1.29, 1.82) is 0 Å². The van der Waals surface area contributed by atoms with Gasteiger partial charge in [0.25, 0.3) is 0 Å². The molecule has 0 bridgehead atoms. The largest absolute Gasteiger partial charge is 0.504 e. The van der Waals surface area contributed by atoms with Crippen molar-refractivity contribution in [1.82, 2.24) is 10.2 Å². The molecular formula is C32H50N2O6. The number of carbonyl (C=O) groups is 3. The molecule has 224 valence electrons. The molecule has 8 nitrogen and oxygen atoms in total. The van der Waals surface area contributed by atoms with Crippen molar-refractivity contribution in [3.8, 4) is 11.5 Å². The maximum Gasteiger partial charge on any atom is 0.329 e. The molecular weight excluding hydrogens is 508 g/mol. The fourth-order valence-corrected chi connectivity index (χ4v) is 6.33. The molecule has 3 N–H and O–H groups in total. The zero-order valence-electron chi connectivity index (χ0n) is 25.5. The van der Waals surface area contributed by atoms with Crippen LogP contribution in [0.2, 0.25) is 0 Å². The Morgan fingerprint density at radius 3 is 2.38 bits per heavy atom. The lowest BCUT2D eigenvalue weighted by Gasteiger charge is -2.40. The lowest BCUT2D eigenvalue weighted by atomic mass is 9.66. The number of phenols is 2. The predicted molar refractivity (Wildman–Crippen MR) is 155 cm³/mol. The van der Waals surface area contributed by atoms with E-state index in [1.54, 1.807) is 11.0 Å². The van der Waals surface area contributed by atoms with E-state index in [0.29, 0.717) is 37.3 Å². The first kappa shape index (κ1) is 31.8. The van der Waals surface area contributed by atoms with E-state index >= 15 is 0 Å². The minimum absolute atomic E-state index is 0.128. The van der Waals surface area contributed by atoms with Crippen LogP contribution in [0.3, 0.4) is 0 Å². The number of rotatable bonds is 11. The van der Waals surface area contributed by atoms with Gasteiger partial charge in [-0.3, -0.25) is 9.59 Å². The summed E-state index contributed by atoms with van der Waals surface area (Å²) < 4.78 is 5.93. The summed E-state index contributed by atoms with van der Waals surface area (Å²) in [5, 5.41) is 22.1. The highest BCUT2D eigenvalue weighted by molar-refractivity contribution is 5.91. The molecule has 1 aliphatic carbocycles. The third-order valence-electron chi connectivity index (χ3n) is 9.65. The van der Waals surface area contributed by atoms with Crippen LogP contribution in [-0.4, -0.2) is 57.6 Å². The van der Waals surface area contributed by atoms with Crippen molar-refractivity contribution in [2.75, 3.05) is 6.54 Å². The summed E-state index contributed by atoms with van der Waals surface area (Å²) in [4.78, 5) is 41.3. The molecule has 2 amide bonds. The van der Waals surface area contributed by atoms with Gasteiger partial charge in [0.1, 0.15) is 12.1 Å². The van der Waals surface area contributed by atoms with Crippen molar-refractivity contribution in [3.05, 3.63) is 23.8 Å². The molecule has 1 saturated carbocycles. The first-order valence-corrected chi connectivity index (χ1v) is 14.9. The Morgan fingerprint density at radius 2 is 1.77 bits per heavy atom. The van der Waals surface area contributed by atoms with Crippen molar-refractivity contribution in [3.63, 3.8) is 0 Å². The molecule has 1 aromatic rings. The first-order valence-electron chi connectivity index (χ1n) is 14.9. The average Bonchev–Trinajstić information content (AvgIpc) is 3.42. The normalized spacial score (nSPS) is 23.1. The number of carbonyl (C=O) groups excluding carboxylic acids is 3. The first-order chi connectivity index (χ1) is 18.6. The van der Waals surface area contributed by atoms with Gasteiger partial charge in [0.05, 0.1) is 6.10 Å². The number of likely N-dealkylation sites (tertiary alicyclic amines) is 1. The van der Waals surface area contributed by atoms with Crippen LogP contribution < -0.4 is 5.32 Å². The summed E-state index contributed by atoms with van der Waals surface area (Å²) in [7, 11) is 0. The minimum atomic E-state index is -0.729. The molecule has 2 fully saturated rings. The molecule has 0 spiro atoms. The summed E-state index contributed by atoms with van der Waals surface area (Å²) in [6.07, 6.45) is 5.10. The molecule has 2 aliphatic rings. The average molecular weight is 559 g/mol. The second-order valence-corrected chi connectivity index (χ2v) is 13.6. The molecule has 3 unspecified atom stereocenters. The molecule has 1 saturated heterocycles. The SMILES string of the molecule is CC(C)C[C@H](NC(=O)CCc1ccc(O)c(O)c1)C(=O)N1CCCC1C(=O)OC(C)CC1CCC(C)(C)C1(C)C. The molecule has 1 heterocycles. The van der Waals surface area contributed by atoms with Gasteiger partial charge in [-0.05, 0) is 92.2 Å². The van der Waals surface area contributed by atoms with Crippen LogP contribution in [0.25, 0.3) is 0 Å². The lowest BCUT2D eigenvalue weighted by Crippen LogP contribution is -2.52. The molecule has 40 heavy (non-hydrogen) atoms. The third-order valence-corrected chi connectivity index (χ3v) is 9.65. The zero-order valence-corrected chi connectivity index (χ0v) is 25.5. The summed E-state index contributed by atoms with van der Waals surface area (Å²) >= 11 is 0. The summed E-state index contributed by atoms with van der Waals surface area (Å²) in [5.41, 5.74) is 1.12. The van der Waals surface area contributed by atoms with Gasteiger partial charge < -0.3 is 25.2 Å². The number of aryl methyl sites for hydroxylation is 1. The highest BCUT2D eigenvalue weighted by Crippen LogP contribution is 2.57. The van der Waals surface area contributed by atoms with Gasteiger partial charge in [-0.1, -0.05) is 47.6 Å². The van der Waals surface area contributed by atoms with Gasteiger partial charge >= 0.3 is 5.97 Å². The number of ether oxygens (including phenoxy) is 1. The third kappa shape index (κ3) is 7.49. The van der Waals surface area contributed by atoms with Crippen LogP contribution in [0.15, 0.2) is 18.2 Å². The fourth-order valence-electron chi connectivity index (χ4n) is 6.33. The van der Waals surface area contributed by atoms with E-state index < -0.39 is 12.1 Å². The number of esters is 1. The lowest BCUT2D eigenvalue weighted by molar-refractivity contribution is -0.159. The Labute approximate surface area is 239 Å². The van der Waals surface area contributed by atoms with E-state index in [1.807, 2.05) is 20.8 Å². The van der Waals surface area contributed by atoms with Gasteiger partial charge in [0, 0.05) is 13.0 Å². The maximum atomic E-state index is 13.7. The van der Waals surface area contributed by atoms with Crippen molar-refractivity contribution < 1.29 is 29.3 Å². The number of hydrogen-bond donors (Lipinski definition) is 3. The van der Waals surface area contributed by atoms with Crippen LogP contribution in [0.5, 0.6) is 11.5 Å². The number of benzene rings is 1. The molecule has 1 aromatic carbocycles. The van der Waals surface area contributed by atoms with Gasteiger partial charge in [0.15, 0.2) is 11.5 Å². The monoisotopic (exact) mass is 558 g/mol. The summed E-state index contributed by atoms with van der Waals surface area (Å²) in [5.74, 6) is -0.679. The standard InChI is InChI=1S/C32H50N2O6/c1-20(2)17-24(33-28(37)13-11-22-10-12-26(35)27(36)19-22)29(38)34-16-8-9-25(34)30(39)40-21(3)18-23-14-15-31(4,5)32(23,6)7/h10,12,19-21,23-25,35-36H,8-9,11,13-18H2,1-7H3,(H,33,37)/t21?,23?,24-,25?/m0/s1. The second kappa shape index (κ2) is 12.8. The predicted octanol–water partition coefficient (Wildman–Crippen LogP) is 5.34. The van der Waals surface area contributed by atoms with Crippen LogP contribution in [0.4, 0.5) is 0 Å².